The van der Waals surface area contributed by atoms with Crippen LogP contribution in [0.3, 0.4) is 0 Å². The summed E-state index contributed by atoms with van der Waals surface area (Å²) in [6, 6.07) is 7.31. The molecule has 0 N–H and O–H groups in total. The summed E-state index contributed by atoms with van der Waals surface area (Å²) in [6.45, 7) is 6.17. The highest BCUT2D eigenvalue weighted by molar-refractivity contribution is 5.89. The van der Waals surface area contributed by atoms with Crippen LogP contribution in [0, 0.1) is 13.8 Å². The molecule has 0 aliphatic carbocycles. The number of rotatable bonds is 3. The second kappa shape index (κ2) is 5.26. The molecule has 0 atom stereocenters. The molecule has 1 aromatic carbocycles. The van der Waals surface area contributed by atoms with E-state index in [1.54, 1.807) is 12.1 Å². The normalized spacial score (nSPS) is 10.5. The largest absolute Gasteiger partial charge is 0.465 e. The van der Waals surface area contributed by atoms with Crippen LogP contribution in [-0.4, -0.2) is 22.9 Å². The molecular weight excluding hydrogens is 240 g/mol. The van der Waals surface area contributed by atoms with E-state index in [4.69, 9.17) is 4.74 Å². The third-order valence-corrected chi connectivity index (χ3v) is 3.31. The van der Waals surface area contributed by atoms with E-state index in [1.807, 2.05) is 30.7 Å². The SMILES string of the molecule is CCc1c(C)nn(-c2cccc(C(=O)OC)c2)c1C. The molecule has 4 nitrogen and oxygen atoms in total. The van der Waals surface area contributed by atoms with E-state index in [-0.39, 0.29) is 5.97 Å². The second-order valence-electron chi connectivity index (χ2n) is 4.46. The summed E-state index contributed by atoms with van der Waals surface area (Å²) in [5, 5.41) is 4.54. The Morgan fingerprint density at radius 3 is 2.68 bits per heavy atom. The summed E-state index contributed by atoms with van der Waals surface area (Å²) >= 11 is 0. The number of hydrogen-bond acceptors (Lipinski definition) is 3. The van der Waals surface area contributed by atoms with Crippen molar-refractivity contribution < 1.29 is 9.53 Å². The number of carbonyl (C=O) groups excluding carboxylic acids is 1. The minimum absolute atomic E-state index is 0.334. The lowest BCUT2D eigenvalue weighted by atomic mass is 10.1. The van der Waals surface area contributed by atoms with E-state index in [0.29, 0.717) is 5.56 Å². The van der Waals surface area contributed by atoms with Gasteiger partial charge in [0, 0.05) is 5.69 Å². The Morgan fingerprint density at radius 1 is 1.37 bits per heavy atom. The number of methoxy groups -OCH3 is 1. The van der Waals surface area contributed by atoms with Crippen LogP contribution >= 0.6 is 0 Å². The molecule has 0 radical (unpaired) electrons. The lowest BCUT2D eigenvalue weighted by Crippen LogP contribution is -2.04. The Balaban J connectivity index is 2.50. The summed E-state index contributed by atoms with van der Waals surface area (Å²) in [5.41, 5.74) is 4.81. The molecule has 2 aromatic rings. The summed E-state index contributed by atoms with van der Waals surface area (Å²) in [6.07, 6.45) is 0.953. The van der Waals surface area contributed by atoms with Crippen molar-refractivity contribution in [3.8, 4) is 5.69 Å². The minimum atomic E-state index is -0.334. The van der Waals surface area contributed by atoms with Gasteiger partial charge >= 0.3 is 5.97 Å². The predicted octanol–water partition coefficient (Wildman–Crippen LogP) is 2.84. The highest BCUT2D eigenvalue weighted by Crippen LogP contribution is 2.19. The van der Waals surface area contributed by atoms with Gasteiger partial charge in [0.15, 0.2) is 0 Å². The van der Waals surface area contributed by atoms with Gasteiger partial charge in [-0.3, -0.25) is 0 Å². The van der Waals surface area contributed by atoms with E-state index >= 15 is 0 Å². The summed E-state index contributed by atoms with van der Waals surface area (Å²) in [4.78, 5) is 11.6. The number of aromatic nitrogens is 2. The molecule has 100 valence electrons. The summed E-state index contributed by atoms with van der Waals surface area (Å²) in [7, 11) is 1.38. The molecule has 0 bridgehead atoms. The van der Waals surface area contributed by atoms with Gasteiger partial charge in [-0.1, -0.05) is 13.0 Å². The zero-order chi connectivity index (χ0) is 14.0. The first-order valence-corrected chi connectivity index (χ1v) is 6.32. The quantitative estimate of drug-likeness (QED) is 0.795. The summed E-state index contributed by atoms with van der Waals surface area (Å²) in [5.74, 6) is -0.334. The molecule has 0 unspecified atom stereocenters. The molecule has 1 aromatic heterocycles. The van der Waals surface area contributed by atoms with Crippen LogP contribution in [0.4, 0.5) is 0 Å². The van der Waals surface area contributed by atoms with Crippen molar-refractivity contribution in [2.24, 2.45) is 0 Å². The van der Waals surface area contributed by atoms with Gasteiger partial charge in [-0.25, -0.2) is 9.48 Å². The molecule has 0 saturated heterocycles. The van der Waals surface area contributed by atoms with Crippen molar-refractivity contribution in [3.63, 3.8) is 0 Å². The van der Waals surface area contributed by atoms with E-state index in [0.717, 1.165) is 23.5 Å². The first kappa shape index (κ1) is 13.3. The Bertz CT molecular complexity index is 615. The Kier molecular flexibility index (Phi) is 3.69. The standard InChI is InChI=1S/C15H18N2O2/c1-5-14-10(2)16-17(11(14)3)13-8-6-7-12(9-13)15(18)19-4/h6-9H,5H2,1-4H3. The van der Waals surface area contributed by atoms with Gasteiger partial charge in [-0.15, -0.1) is 0 Å². The van der Waals surface area contributed by atoms with Crippen LogP contribution in [-0.2, 0) is 11.2 Å². The first-order valence-electron chi connectivity index (χ1n) is 6.32. The van der Waals surface area contributed by atoms with Crippen LogP contribution in [0.5, 0.6) is 0 Å². The van der Waals surface area contributed by atoms with Crippen molar-refractivity contribution in [2.75, 3.05) is 7.11 Å². The van der Waals surface area contributed by atoms with E-state index < -0.39 is 0 Å². The van der Waals surface area contributed by atoms with Crippen molar-refractivity contribution in [1.29, 1.82) is 0 Å². The van der Waals surface area contributed by atoms with Crippen molar-refractivity contribution in [3.05, 3.63) is 46.8 Å². The molecule has 0 saturated carbocycles. The number of ether oxygens (including phenoxy) is 1. The monoisotopic (exact) mass is 258 g/mol. The van der Waals surface area contributed by atoms with Gasteiger partial charge in [0.05, 0.1) is 24.1 Å². The van der Waals surface area contributed by atoms with Gasteiger partial charge < -0.3 is 4.74 Å². The predicted molar refractivity (Wildman–Crippen MR) is 73.8 cm³/mol. The third kappa shape index (κ3) is 2.38. The maximum absolute atomic E-state index is 11.6. The number of benzene rings is 1. The molecule has 19 heavy (non-hydrogen) atoms. The molecular formula is C15H18N2O2. The number of carbonyl (C=O) groups is 1. The molecule has 0 amide bonds. The smallest absolute Gasteiger partial charge is 0.337 e. The Labute approximate surface area is 113 Å². The molecule has 0 aliphatic rings. The van der Waals surface area contributed by atoms with Crippen LogP contribution in [0.15, 0.2) is 24.3 Å². The maximum Gasteiger partial charge on any atom is 0.337 e. The molecule has 4 heteroatoms. The fourth-order valence-corrected chi connectivity index (χ4v) is 2.32. The number of esters is 1. The van der Waals surface area contributed by atoms with Gasteiger partial charge in [0.25, 0.3) is 0 Å². The highest BCUT2D eigenvalue weighted by atomic mass is 16.5. The van der Waals surface area contributed by atoms with Gasteiger partial charge in [-0.05, 0) is 44.0 Å². The highest BCUT2D eigenvalue weighted by Gasteiger charge is 2.12. The first-order chi connectivity index (χ1) is 9.08. The Hall–Kier alpha value is -2.10. The van der Waals surface area contributed by atoms with Crippen LogP contribution in [0.25, 0.3) is 5.69 Å². The average molecular weight is 258 g/mol. The van der Waals surface area contributed by atoms with E-state index in [9.17, 15) is 4.79 Å². The lowest BCUT2D eigenvalue weighted by molar-refractivity contribution is 0.0600. The van der Waals surface area contributed by atoms with E-state index in [1.165, 1.54) is 12.7 Å². The van der Waals surface area contributed by atoms with Crippen molar-refractivity contribution in [2.45, 2.75) is 27.2 Å². The molecule has 2 rings (SSSR count). The van der Waals surface area contributed by atoms with Gasteiger partial charge in [-0.2, -0.15) is 5.10 Å². The molecule has 0 spiro atoms. The Morgan fingerprint density at radius 2 is 2.11 bits per heavy atom. The minimum Gasteiger partial charge on any atom is -0.465 e. The fraction of sp³-hybridized carbons (Fsp3) is 0.333. The fourth-order valence-electron chi connectivity index (χ4n) is 2.32. The maximum atomic E-state index is 11.6. The van der Waals surface area contributed by atoms with Crippen LogP contribution in [0.1, 0.15) is 34.2 Å². The lowest BCUT2D eigenvalue weighted by Gasteiger charge is -2.06. The van der Waals surface area contributed by atoms with Crippen molar-refractivity contribution >= 4 is 5.97 Å². The second-order valence-corrected chi connectivity index (χ2v) is 4.46. The number of nitrogens with zero attached hydrogens (tertiary/aromatic N) is 2. The van der Waals surface area contributed by atoms with Crippen molar-refractivity contribution in [1.82, 2.24) is 9.78 Å². The van der Waals surface area contributed by atoms with Gasteiger partial charge in [0.2, 0.25) is 0 Å². The molecule has 0 aliphatic heterocycles. The van der Waals surface area contributed by atoms with E-state index in [2.05, 4.69) is 12.0 Å². The number of aryl methyl sites for hydroxylation is 1. The van der Waals surface area contributed by atoms with Crippen LogP contribution in [0.2, 0.25) is 0 Å². The topological polar surface area (TPSA) is 44.1 Å². The van der Waals surface area contributed by atoms with Gasteiger partial charge in [0.1, 0.15) is 0 Å². The zero-order valence-corrected chi connectivity index (χ0v) is 11.7. The summed E-state index contributed by atoms with van der Waals surface area (Å²) < 4.78 is 6.61. The third-order valence-electron chi connectivity index (χ3n) is 3.31. The van der Waals surface area contributed by atoms with Crippen LogP contribution < -0.4 is 0 Å². The number of hydrogen-bond donors (Lipinski definition) is 0. The molecule has 1 heterocycles. The molecule has 0 fully saturated rings. The average Bonchev–Trinajstić information content (AvgIpc) is 2.72. The zero-order valence-electron chi connectivity index (χ0n) is 11.7.